The number of nitriles is 1. The smallest absolute Gasteiger partial charge is 0.287 e. The number of likely N-dealkylation sites (N-methyl/N-ethyl adjacent to an activating group) is 1. The van der Waals surface area contributed by atoms with Gasteiger partial charge in [0.25, 0.3) is 5.69 Å². The van der Waals surface area contributed by atoms with Crippen LogP contribution in [0.25, 0.3) is 0 Å². The monoisotopic (exact) mass is 263 g/mol. The fourth-order valence-corrected chi connectivity index (χ4v) is 1.69. The van der Waals surface area contributed by atoms with Crippen LogP contribution in [0.2, 0.25) is 0 Å². The van der Waals surface area contributed by atoms with E-state index in [1.807, 2.05) is 0 Å². The second-order valence-corrected chi connectivity index (χ2v) is 3.92. The van der Waals surface area contributed by atoms with Crippen LogP contribution in [0.1, 0.15) is 19.4 Å². The Balaban J connectivity index is 2.66. The van der Waals surface area contributed by atoms with Crippen molar-refractivity contribution in [2.45, 2.75) is 13.8 Å². The zero-order valence-electron chi connectivity index (χ0n) is 11.1. The van der Waals surface area contributed by atoms with Gasteiger partial charge in [0.05, 0.1) is 4.92 Å². The van der Waals surface area contributed by atoms with Crippen molar-refractivity contribution in [3.05, 3.63) is 33.9 Å². The average molecular weight is 263 g/mol. The first-order chi connectivity index (χ1) is 9.12. The highest BCUT2D eigenvalue weighted by Gasteiger charge is 2.14. The van der Waals surface area contributed by atoms with Crippen LogP contribution < -0.4 is 4.74 Å². The van der Waals surface area contributed by atoms with Gasteiger partial charge in [-0.1, -0.05) is 13.8 Å². The molecule has 0 radical (unpaired) electrons. The number of nitrogens with zero attached hydrogens (tertiary/aromatic N) is 3. The van der Waals surface area contributed by atoms with Gasteiger partial charge in [0, 0.05) is 18.7 Å². The molecule has 0 atom stereocenters. The lowest BCUT2D eigenvalue weighted by molar-refractivity contribution is -0.385. The molecule has 0 aromatic heterocycles. The second kappa shape index (κ2) is 7.34. The molecule has 6 nitrogen and oxygen atoms in total. The van der Waals surface area contributed by atoms with Gasteiger partial charge in [0.2, 0.25) is 0 Å². The SMILES string of the molecule is CCN(CC)CCOc1ccc([N+](=O)[O-])c(C#N)c1. The summed E-state index contributed by atoms with van der Waals surface area (Å²) in [5, 5.41) is 19.5. The number of benzene rings is 1. The van der Waals surface area contributed by atoms with E-state index in [-0.39, 0.29) is 11.3 Å². The van der Waals surface area contributed by atoms with Gasteiger partial charge in [-0.15, -0.1) is 0 Å². The highest BCUT2D eigenvalue weighted by atomic mass is 16.6. The highest BCUT2D eigenvalue weighted by Crippen LogP contribution is 2.23. The molecule has 0 aliphatic carbocycles. The van der Waals surface area contributed by atoms with Gasteiger partial charge in [-0.2, -0.15) is 5.26 Å². The Kier molecular flexibility index (Phi) is 5.76. The maximum Gasteiger partial charge on any atom is 0.287 e. The zero-order valence-corrected chi connectivity index (χ0v) is 11.1. The first-order valence-corrected chi connectivity index (χ1v) is 6.16. The lowest BCUT2D eigenvalue weighted by Gasteiger charge is -2.17. The van der Waals surface area contributed by atoms with Crippen LogP contribution in [0.3, 0.4) is 0 Å². The van der Waals surface area contributed by atoms with E-state index >= 15 is 0 Å². The van der Waals surface area contributed by atoms with Crippen LogP contribution in [0, 0.1) is 21.4 Å². The number of nitro groups is 1. The Bertz CT molecular complexity index is 479. The summed E-state index contributed by atoms with van der Waals surface area (Å²) in [5.41, 5.74) is -0.177. The second-order valence-electron chi connectivity index (χ2n) is 3.92. The summed E-state index contributed by atoms with van der Waals surface area (Å²) in [5.74, 6) is 0.481. The molecule has 0 spiro atoms. The molecular formula is C13H17N3O3. The average Bonchev–Trinajstić information content (AvgIpc) is 2.43. The van der Waals surface area contributed by atoms with Crippen molar-refractivity contribution >= 4 is 5.69 Å². The van der Waals surface area contributed by atoms with E-state index in [1.54, 1.807) is 6.07 Å². The molecule has 1 rings (SSSR count). The van der Waals surface area contributed by atoms with Crippen LogP contribution >= 0.6 is 0 Å². The van der Waals surface area contributed by atoms with Crippen LogP contribution in [0.4, 0.5) is 5.69 Å². The molecule has 0 unspecified atom stereocenters. The number of nitro benzene ring substituents is 1. The van der Waals surface area contributed by atoms with Gasteiger partial charge in [-0.3, -0.25) is 10.1 Å². The van der Waals surface area contributed by atoms with E-state index in [1.165, 1.54) is 18.2 Å². The summed E-state index contributed by atoms with van der Waals surface area (Å²) in [6.45, 7) is 7.32. The Labute approximate surface area is 112 Å². The highest BCUT2D eigenvalue weighted by molar-refractivity contribution is 5.52. The Morgan fingerprint density at radius 1 is 1.42 bits per heavy atom. The van der Waals surface area contributed by atoms with Crippen LogP contribution in [0.15, 0.2) is 18.2 Å². The third kappa shape index (κ3) is 4.23. The Morgan fingerprint density at radius 3 is 2.63 bits per heavy atom. The number of hydrogen-bond donors (Lipinski definition) is 0. The Hall–Kier alpha value is -2.13. The third-order valence-electron chi connectivity index (χ3n) is 2.86. The van der Waals surface area contributed by atoms with E-state index in [0.717, 1.165) is 19.6 Å². The van der Waals surface area contributed by atoms with Gasteiger partial charge in [-0.05, 0) is 19.2 Å². The molecule has 0 saturated carbocycles. The summed E-state index contributed by atoms with van der Waals surface area (Å²) in [6, 6.07) is 6.02. The normalized spacial score (nSPS) is 10.2. The van der Waals surface area contributed by atoms with Gasteiger partial charge < -0.3 is 9.64 Å². The van der Waals surface area contributed by atoms with Crippen molar-refractivity contribution in [3.8, 4) is 11.8 Å². The molecule has 6 heteroatoms. The molecule has 1 aromatic carbocycles. The van der Waals surface area contributed by atoms with Crippen molar-refractivity contribution < 1.29 is 9.66 Å². The zero-order chi connectivity index (χ0) is 14.3. The summed E-state index contributed by atoms with van der Waals surface area (Å²) >= 11 is 0. The first kappa shape index (κ1) is 14.9. The fourth-order valence-electron chi connectivity index (χ4n) is 1.69. The minimum Gasteiger partial charge on any atom is -0.492 e. The molecule has 0 saturated heterocycles. The van der Waals surface area contributed by atoms with Gasteiger partial charge in [0.15, 0.2) is 0 Å². The molecule has 0 fully saturated rings. The predicted octanol–water partition coefficient (Wildman–Crippen LogP) is 2.19. The van der Waals surface area contributed by atoms with Gasteiger partial charge in [-0.25, -0.2) is 0 Å². The largest absolute Gasteiger partial charge is 0.492 e. The minimum absolute atomic E-state index is 0.0188. The van der Waals surface area contributed by atoms with Crippen molar-refractivity contribution in [1.29, 1.82) is 5.26 Å². The number of rotatable bonds is 7. The standard InChI is InChI=1S/C13H17N3O3/c1-3-15(4-2)7-8-19-12-5-6-13(16(17)18)11(9-12)10-14/h5-6,9H,3-4,7-8H2,1-2H3. The molecule has 19 heavy (non-hydrogen) atoms. The number of ether oxygens (including phenoxy) is 1. The molecule has 0 aliphatic heterocycles. The van der Waals surface area contributed by atoms with Crippen LogP contribution in [0.5, 0.6) is 5.75 Å². The van der Waals surface area contributed by atoms with E-state index in [2.05, 4.69) is 18.7 Å². The predicted molar refractivity (Wildman–Crippen MR) is 71.1 cm³/mol. The quantitative estimate of drug-likeness (QED) is 0.556. The van der Waals surface area contributed by atoms with E-state index in [0.29, 0.717) is 12.4 Å². The molecule has 0 amide bonds. The van der Waals surface area contributed by atoms with Crippen molar-refractivity contribution in [2.75, 3.05) is 26.2 Å². The summed E-state index contributed by atoms with van der Waals surface area (Å²) in [4.78, 5) is 12.3. The molecule has 102 valence electrons. The van der Waals surface area contributed by atoms with Crippen LogP contribution in [-0.4, -0.2) is 36.1 Å². The third-order valence-corrected chi connectivity index (χ3v) is 2.86. The number of hydrogen-bond acceptors (Lipinski definition) is 5. The van der Waals surface area contributed by atoms with Gasteiger partial charge in [0.1, 0.15) is 24.0 Å². The van der Waals surface area contributed by atoms with Crippen LogP contribution in [-0.2, 0) is 0 Å². The first-order valence-electron chi connectivity index (χ1n) is 6.16. The topological polar surface area (TPSA) is 79.4 Å². The lowest BCUT2D eigenvalue weighted by Crippen LogP contribution is -2.27. The van der Waals surface area contributed by atoms with E-state index in [9.17, 15) is 10.1 Å². The molecular weight excluding hydrogens is 246 g/mol. The molecule has 0 N–H and O–H groups in total. The fraction of sp³-hybridized carbons (Fsp3) is 0.462. The van der Waals surface area contributed by atoms with Crippen molar-refractivity contribution in [1.82, 2.24) is 4.90 Å². The molecule has 1 aromatic rings. The molecule has 0 bridgehead atoms. The maximum atomic E-state index is 10.7. The van der Waals surface area contributed by atoms with Crippen molar-refractivity contribution in [3.63, 3.8) is 0 Å². The molecule has 0 heterocycles. The summed E-state index contributed by atoms with van der Waals surface area (Å²) in [7, 11) is 0. The van der Waals surface area contributed by atoms with E-state index < -0.39 is 4.92 Å². The molecule has 0 aliphatic rings. The van der Waals surface area contributed by atoms with Crippen molar-refractivity contribution in [2.24, 2.45) is 0 Å². The summed E-state index contributed by atoms with van der Waals surface area (Å²) in [6.07, 6.45) is 0. The lowest BCUT2D eigenvalue weighted by atomic mass is 10.2. The van der Waals surface area contributed by atoms with Gasteiger partial charge >= 0.3 is 0 Å². The minimum atomic E-state index is -0.571. The Morgan fingerprint density at radius 2 is 2.11 bits per heavy atom. The summed E-state index contributed by atoms with van der Waals surface area (Å²) < 4.78 is 5.50. The maximum absolute atomic E-state index is 10.7. The van der Waals surface area contributed by atoms with E-state index in [4.69, 9.17) is 10.00 Å².